The average molecular weight is 374 g/mol. The van der Waals surface area contributed by atoms with Crippen molar-refractivity contribution in [3.63, 3.8) is 0 Å². The Morgan fingerprint density at radius 3 is 2.52 bits per heavy atom. The number of rotatable bonds is 7. The summed E-state index contributed by atoms with van der Waals surface area (Å²) in [5.41, 5.74) is -0.677. The zero-order valence-corrected chi connectivity index (χ0v) is 14.3. The number of imide groups is 1. The fourth-order valence-electron chi connectivity index (χ4n) is 1.59. The summed E-state index contributed by atoms with van der Waals surface area (Å²) < 4.78 is 27.4. The van der Waals surface area contributed by atoms with Gasteiger partial charge in [-0.25, -0.2) is 18.4 Å². The van der Waals surface area contributed by atoms with Gasteiger partial charge >= 0.3 is 11.7 Å². The van der Waals surface area contributed by atoms with Gasteiger partial charge in [0.05, 0.1) is 9.82 Å². The molecule has 0 aliphatic rings. The van der Waals surface area contributed by atoms with Crippen LogP contribution in [0.5, 0.6) is 5.75 Å². The molecule has 4 N–H and O–H groups in total. The summed E-state index contributed by atoms with van der Waals surface area (Å²) in [7, 11) is -4.13. The van der Waals surface area contributed by atoms with Crippen molar-refractivity contribution in [2.45, 2.75) is 18.7 Å². The predicted octanol–water partition coefficient (Wildman–Crippen LogP) is 0.103. The van der Waals surface area contributed by atoms with Crippen molar-refractivity contribution in [2.24, 2.45) is 11.1 Å². The van der Waals surface area contributed by atoms with E-state index in [1.54, 1.807) is 0 Å². The zero-order chi connectivity index (χ0) is 19.2. The van der Waals surface area contributed by atoms with Gasteiger partial charge in [0.15, 0.2) is 12.4 Å². The van der Waals surface area contributed by atoms with E-state index in [0.29, 0.717) is 6.54 Å². The molecule has 0 bridgehead atoms. The molecule has 138 valence electrons. The summed E-state index contributed by atoms with van der Waals surface area (Å²) in [4.78, 5) is 32.7. The highest BCUT2D eigenvalue weighted by Gasteiger charge is 2.21. The third kappa shape index (κ3) is 6.73. The van der Waals surface area contributed by atoms with Crippen LogP contribution >= 0.6 is 0 Å². The molecule has 0 fully saturated rings. The second kappa shape index (κ2) is 8.39. The van der Waals surface area contributed by atoms with Gasteiger partial charge in [0.2, 0.25) is 10.0 Å². The molecule has 0 atom stereocenters. The number of primary sulfonamides is 1. The lowest BCUT2D eigenvalue weighted by Gasteiger charge is -2.10. The van der Waals surface area contributed by atoms with Gasteiger partial charge in [-0.3, -0.25) is 20.2 Å². The molecule has 11 nitrogen and oxygen atoms in total. The first-order chi connectivity index (χ1) is 11.5. The van der Waals surface area contributed by atoms with Crippen molar-refractivity contribution >= 4 is 27.6 Å². The number of carbonyl (C=O) groups excluding carboxylic acids is 2. The molecule has 0 unspecified atom stereocenters. The normalized spacial score (nSPS) is 11.0. The lowest BCUT2D eigenvalue weighted by atomic mass is 10.2. The van der Waals surface area contributed by atoms with E-state index in [1.165, 1.54) is 0 Å². The molecule has 25 heavy (non-hydrogen) atoms. The number of nitro benzene ring substituents is 1. The number of amides is 3. The summed E-state index contributed by atoms with van der Waals surface area (Å²) in [6.07, 6.45) is 0. The van der Waals surface area contributed by atoms with Crippen molar-refractivity contribution in [3.05, 3.63) is 28.3 Å². The van der Waals surface area contributed by atoms with Crippen molar-refractivity contribution in [3.8, 4) is 5.75 Å². The maximum absolute atomic E-state index is 11.6. The minimum absolute atomic E-state index is 0.192. The Balaban J connectivity index is 2.75. The van der Waals surface area contributed by atoms with E-state index < -0.39 is 44.1 Å². The van der Waals surface area contributed by atoms with Crippen molar-refractivity contribution in [2.75, 3.05) is 13.2 Å². The van der Waals surface area contributed by atoms with Crippen LogP contribution in [0.2, 0.25) is 0 Å². The van der Waals surface area contributed by atoms with Crippen LogP contribution in [0, 0.1) is 16.0 Å². The Hall–Kier alpha value is -2.73. The molecule has 1 aromatic carbocycles. The van der Waals surface area contributed by atoms with Gasteiger partial charge in [-0.15, -0.1) is 0 Å². The smallest absolute Gasteiger partial charge is 0.321 e. The van der Waals surface area contributed by atoms with Crippen LogP contribution in [0.1, 0.15) is 13.8 Å². The summed E-state index contributed by atoms with van der Waals surface area (Å²) in [6, 6.07) is 2.01. The second-order valence-corrected chi connectivity index (χ2v) is 6.93. The number of hydrogen-bond acceptors (Lipinski definition) is 7. The molecule has 0 aromatic heterocycles. The first-order valence-corrected chi connectivity index (χ1v) is 8.57. The Morgan fingerprint density at radius 1 is 1.36 bits per heavy atom. The fourth-order valence-corrected chi connectivity index (χ4v) is 2.12. The highest BCUT2D eigenvalue weighted by Crippen LogP contribution is 2.29. The van der Waals surface area contributed by atoms with E-state index in [0.717, 1.165) is 18.2 Å². The number of urea groups is 1. The maximum Gasteiger partial charge on any atom is 0.321 e. The topological polar surface area (TPSA) is 171 Å². The van der Waals surface area contributed by atoms with Crippen molar-refractivity contribution in [1.82, 2.24) is 10.6 Å². The summed E-state index contributed by atoms with van der Waals surface area (Å²) in [5.74, 6) is -0.974. The molecule has 0 saturated heterocycles. The van der Waals surface area contributed by atoms with Crippen LogP contribution in [-0.4, -0.2) is 38.4 Å². The number of carbonyl (C=O) groups is 2. The van der Waals surface area contributed by atoms with Crippen molar-refractivity contribution < 1.29 is 27.7 Å². The number of nitro groups is 1. The zero-order valence-electron chi connectivity index (χ0n) is 13.5. The molecular weight excluding hydrogens is 356 g/mol. The van der Waals surface area contributed by atoms with Gasteiger partial charge in [0.25, 0.3) is 5.91 Å². The monoisotopic (exact) mass is 374 g/mol. The largest absolute Gasteiger partial charge is 0.477 e. The summed E-state index contributed by atoms with van der Waals surface area (Å²) in [6.45, 7) is 3.43. The van der Waals surface area contributed by atoms with Crippen LogP contribution < -0.4 is 20.5 Å². The molecule has 0 aliphatic heterocycles. The Kier molecular flexibility index (Phi) is 6.82. The molecule has 1 aromatic rings. The van der Waals surface area contributed by atoms with Crippen LogP contribution in [0.4, 0.5) is 10.5 Å². The highest BCUT2D eigenvalue weighted by atomic mass is 32.2. The molecule has 0 heterocycles. The first kappa shape index (κ1) is 20.3. The lowest BCUT2D eigenvalue weighted by molar-refractivity contribution is -0.386. The Morgan fingerprint density at radius 2 is 2.00 bits per heavy atom. The molecule has 3 amide bonds. The van der Waals surface area contributed by atoms with Crippen LogP contribution in [0.15, 0.2) is 23.1 Å². The second-order valence-electron chi connectivity index (χ2n) is 5.37. The minimum Gasteiger partial charge on any atom is -0.477 e. The average Bonchev–Trinajstić information content (AvgIpc) is 2.49. The van der Waals surface area contributed by atoms with Gasteiger partial charge in [-0.05, 0) is 18.1 Å². The van der Waals surface area contributed by atoms with Gasteiger partial charge in [-0.1, -0.05) is 13.8 Å². The van der Waals surface area contributed by atoms with Crippen LogP contribution in [0.25, 0.3) is 0 Å². The molecule has 12 heteroatoms. The summed E-state index contributed by atoms with van der Waals surface area (Å²) in [5, 5.41) is 20.3. The maximum atomic E-state index is 11.6. The number of nitrogens with two attached hydrogens (primary N) is 1. The number of hydrogen-bond donors (Lipinski definition) is 3. The minimum atomic E-state index is -4.13. The number of sulfonamides is 1. The van der Waals surface area contributed by atoms with Gasteiger partial charge in [0.1, 0.15) is 0 Å². The van der Waals surface area contributed by atoms with Crippen LogP contribution in [-0.2, 0) is 14.8 Å². The molecule has 0 radical (unpaired) electrons. The highest BCUT2D eigenvalue weighted by molar-refractivity contribution is 7.89. The number of benzene rings is 1. The number of nitrogens with zero attached hydrogens (tertiary/aromatic N) is 1. The van der Waals surface area contributed by atoms with E-state index in [-0.39, 0.29) is 11.7 Å². The Labute approximate surface area is 143 Å². The van der Waals surface area contributed by atoms with Gasteiger partial charge in [0, 0.05) is 12.6 Å². The van der Waals surface area contributed by atoms with E-state index in [2.05, 4.69) is 5.32 Å². The number of nitrogens with one attached hydrogen (secondary N) is 2. The summed E-state index contributed by atoms with van der Waals surface area (Å²) >= 11 is 0. The molecule has 1 rings (SSSR count). The van der Waals surface area contributed by atoms with E-state index in [4.69, 9.17) is 9.88 Å². The van der Waals surface area contributed by atoms with Crippen molar-refractivity contribution in [1.29, 1.82) is 0 Å². The first-order valence-electron chi connectivity index (χ1n) is 7.02. The van der Waals surface area contributed by atoms with Crippen LogP contribution in [0.3, 0.4) is 0 Å². The Bertz CT molecular complexity index is 777. The van der Waals surface area contributed by atoms with E-state index >= 15 is 0 Å². The third-order valence-corrected chi connectivity index (χ3v) is 3.65. The predicted molar refractivity (Wildman–Crippen MR) is 86.3 cm³/mol. The number of ether oxygens (including phenoxy) is 1. The van der Waals surface area contributed by atoms with Gasteiger partial charge < -0.3 is 10.1 Å². The van der Waals surface area contributed by atoms with E-state index in [1.807, 2.05) is 19.2 Å². The lowest BCUT2D eigenvalue weighted by Crippen LogP contribution is -2.42. The quantitative estimate of drug-likeness (QED) is 0.448. The molecule has 0 saturated carbocycles. The van der Waals surface area contributed by atoms with Gasteiger partial charge in [-0.2, -0.15) is 0 Å². The SMILES string of the molecule is CC(C)CNC(=O)NC(=O)COc1ccc(S(N)(=O)=O)cc1[N+](=O)[O-]. The fraction of sp³-hybridized carbons (Fsp3) is 0.385. The molecule has 0 spiro atoms. The standard InChI is InChI=1S/C13H18N4O7S/c1-8(2)6-15-13(19)16-12(18)7-24-11-4-3-9(25(14,22)23)5-10(11)17(20)21/h3-5,8H,6-7H2,1-2H3,(H2,14,22,23)(H2,15,16,18,19). The molecular formula is C13H18N4O7S. The van der Waals surface area contributed by atoms with E-state index in [9.17, 15) is 28.1 Å². The molecule has 0 aliphatic carbocycles. The third-order valence-electron chi connectivity index (χ3n) is 2.74.